The van der Waals surface area contributed by atoms with Gasteiger partial charge in [0.1, 0.15) is 5.65 Å². The molecule has 20 heavy (non-hydrogen) atoms. The first-order chi connectivity index (χ1) is 9.65. The Morgan fingerprint density at radius 1 is 1.10 bits per heavy atom. The second-order valence-corrected chi connectivity index (χ2v) is 5.53. The van der Waals surface area contributed by atoms with Crippen LogP contribution in [0.25, 0.3) is 11.0 Å². The maximum atomic E-state index is 6.13. The van der Waals surface area contributed by atoms with E-state index in [-0.39, 0.29) is 0 Å². The van der Waals surface area contributed by atoms with Gasteiger partial charge in [0.05, 0.1) is 20.8 Å². The van der Waals surface area contributed by atoms with E-state index in [2.05, 4.69) is 15.3 Å². The summed E-state index contributed by atoms with van der Waals surface area (Å²) in [4.78, 5) is 7.38. The molecule has 1 aromatic carbocycles. The maximum Gasteiger partial charge on any atom is 0.137 e. The van der Waals surface area contributed by atoms with Crippen molar-refractivity contribution >= 4 is 51.5 Å². The van der Waals surface area contributed by atoms with Crippen molar-refractivity contribution in [3.8, 4) is 0 Å². The number of rotatable bonds is 3. The number of halogens is 3. The molecule has 0 saturated carbocycles. The van der Waals surface area contributed by atoms with Crippen LogP contribution in [0.2, 0.25) is 15.1 Å². The Balaban J connectivity index is 1.85. The van der Waals surface area contributed by atoms with E-state index in [9.17, 15) is 0 Å². The Labute approximate surface area is 130 Å². The van der Waals surface area contributed by atoms with E-state index in [4.69, 9.17) is 34.8 Å². The third-order valence-electron chi connectivity index (χ3n) is 3.02. The molecule has 0 aliphatic rings. The van der Waals surface area contributed by atoms with Gasteiger partial charge < -0.3 is 10.3 Å². The third kappa shape index (κ3) is 2.57. The fourth-order valence-electron chi connectivity index (χ4n) is 2.01. The normalized spacial score (nSPS) is 10.9. The van der Waals surface area contributed by atoms with Crippen molar-refractivity contribution in [1.82, 2.24) is 9.97 Å². The summed E-state index contributed by atoms with van der Waals surface area (Å²) in [5.41, 5.74) is 2.72. The number of aromatic nitrogens is 2. The molecule has 0 bridgehead atoms. The summed E-state index contributed by atoms with van der Waals surface area (Å²) in [5.74, 6) is 0. The van der Waals surface area contributed by atoms with Crippen molar-refractivity contribution < 1.29 is 0 Å². The summed E-state index contributed by atoms with van der Waals surface area (Å²) in [7, 11) is 0. The van der Waals surface area contributed by atoms with Crippen LogP contribution in [0.15, 0.2) is 36.7 Å². The average molecular weight is 327 g/mol. The van der Waals surface area contributed by atoms with Crippen LogP contribution in [0.4, 0.5) is 5.69 Å². The van der Waals surface area contributed by atoms with Gasteiger partial charge in [-0.05, 0) is 29.8 Å². The molecule has 2 N–H and O–H groups in total. The molecule has 0 radical (unpaired) electrons. The van der Waals surface area contributed by atoms with Crippen molar-refractivity contribution in [3.05, 3.63) is 57.3 Å². The highest BCUT2D eigenvalue weighted by molar-refractivity contribution is 6.44. The number of anilines is 1. The molecule has 3 rings (SSSR count). The van der Waals surface area contributed by atoms with E-state index in [1.54, 1.807) is 18.3 Å². The fourth-order valence-corrected chi connectivity index (χ4v) is 2.62. The number of fused-ring (bicyclic) bond motifs is 1. The Hall–Kier alpha value is -1.42. The Morgan fingerprint density at radius 3 is 2.75 bits per heavy atom. The van der Waals surface area contributed by atoms with Crippen molar-refractivity contribution in [2.24, 2.45) is 0 Å². The minimum atomic E-state index is 0.443. The highest BCUT2D eigenvalue weighted by Gasteiger charge is 2.08. The Kier molecular flexibility index (Phi) is 3.74. The van der Waals surface area contributed by atoms with Gasteiger partial charge in [-0.1, -0.05) is 34.8 Å². The molecule has 0 fully saturated rings. The number of hydrogen-bond donors (Lipinski definition) is 2. The predicted octanol–water partition coefficient (Wildman–Crippen LogP) is 5.14. The molecule has 0 unspecified atom stereocenters. The Bertz CT molecular complexity index is 767. The first-order valence-corrected chi connectivity index (χ1v) is 7.08. The molecule has 0 atom stereocenters. The number of hydrogen-bond acceptors (Lipinski definition) is 2. The SMILES string of the molecule is Clc1cc(Cl)c(NCc2c[nH]c3ncccc23)cc1Cl. The molecule has 0 aliphatic heterocycles. The van der Waals surface area contributed by atoms with Gasteiger partial charge in [0.2, 0.25) is 0 Å². The first kappa shape index (κ1) is 13.6. The number of nitrogens with one attached hydrogen (secondary N) is 2. The maximum absolute atomic E-state index is 6.13. The second kappa shape index (κ2) is 5.52. The molecule has 2 heterocycles. The molecule has 0 spiro atoms. The van der Waals surface area contributed by atoms with Crippen molar-refractivity contribution in [3.63, 3.8) is 0 Å². The van der Waals surface area contributed by atoms with E-state index in [1.165, 1.54) is 0 Å². The molecule has 0 amide bonds. The zero-order valence-electron chi connectivity index (χ0n) is 10.3. The second-order valence-electron chi connectivity index (χ2n) is 4.31. The number of nitrogens with zero attached hydrogens (tertiary/aromatic N) is 1. The number of pyridine rings is 1. The first-order valence-electron chi connectivity index (χ1n) is 5.94. The van der Waals surface area contributed by atoms with Crippen molar-refractivity contribution in [2.75, 3.05) is 5.32 Å². The van der Waals surface area contributed by atoms with E-state index in [0.29, 0.717) is 21.6 Å². The van der Waals surface area contributed by atoms with Gasteiger partial charge in [-0.2, -0.15) is 0 Å². The highest BCUT2D eigenvalue weighted by Crippen LogP contribution is 2.32. The van der Waals surface area contributed by atoms with Crippen molar-refractivity contribution in [1.29, 1.82) is 0 Å². The lowest BCUT2D eigenvalue weighted by molar-refractivity contribution is 1.16. The van der Waals surface area contributed by atoms with Crippen molar-refractivity contribution in [2.45, 2.75) is 6.54 Å². The smallest absolute Gasteiger partial charge is 0.137 e. The Morgan fingerprint density at radius 2 is 1.90 bits per heavy atom. The average Bonchev–Trinajstić information content (AvgIpc) is 2.85. The van der Waals surface area contributed by atoms with Gasteiger partial charge in [0.15, 0.2) is 0 Å². The summed E-state index contributed by atoms with van der Waals surface area (Å²) < 4.78 is 0. The van der Waals surface area contributed by atoms with Gasteiger partial charge >= 0.3 is 0 Å². The summed E-state index contributed by atoms with van der Waals surface area (Å²) in [6, 6.07) is 7.28. The lowest BCUT2D eigenvalue weighted by Gasteiger charge is -2.09. The number of aromatic amines is 1. The summed E-state index contributed by atoms with van der Waals surface area (Å²) in [5, 5.41) is 5.79. The monoisotopic (exact) mass is 325 g/mol. The van der Waals surface area contributed by atoms with Crippen LogP contribution in [-0.2, 0) is 6.54 Å². The molecule has 6 heteroatoms. The molecule has 3 aromatic rings. The largest absolute Gasteiger partial charge is 0.380 e. The summed E-state index contributed by atoms with van der Waals surface area (Å²) in [6.07, 6.45) is 3.68. The van der Waals surface area contributed by atoms with Crippen LogP contribution in [0.1, 0.15) is 5.56 Å². The van der Waals surface area contributed by atoms with Crippen LogP contribution in [0.3, 0.4) is 0 Å². The predicted molar refractivity (Wildman–Crippen MR) is 84.9 cm³/mol. The molecular formula is C14H10Cl3N3. The van der Waals surface area contributed by atoms with Gasteiger partial charge in [0.25, 0.3) is 0 Å². The number of H-pyrrole nitrogens is 1. The molecule has 0 saturated heterocycles. The lowest BCUT2D eigenvalue weighted by Crippen LogP contribution is -1.99. The van der Waals surface area contributed by atoms with Crippen LogP contribution in [0, 0.1) is 0 Å². The van der Waals surface area contributed by atoms with Gasteiger partial charge in [-0.3, -0.25) is 0 Å². The van der Waals surface area contributed by atoms with Crippen LogP contribution < -0.4 is 5.32 Å². The summed E-state index contributed by atoms with van der Waals surface area (Å²) in [6.45, 7) is 0.614. The number of benzene rings is 1. The zero-order valence-corrected chi connectivity index (χ0v) is 12.5. The minimum Gasteiger partial charge on any atom is -0.380 e. The molecular weight excluding hydrogens is 317 g/mol. The summed E-state index contributed by atoms with van der Waals surface area (Å²) >= 11 is 18.0. The third-order valence-corrected chi connectivity index (χ3v) is 4.05. The zero-order chi connectivity index (χ0) is 14.1. The van der Waals surface area contributed by atoms with E-state index in [0.717, 1.165) is 22.3 Å². The van der Waals surface area contributed by atoms with Gasteiger partial charge in [-0.15, -0.1) is 0 Å². The van der Waals surface area contributed by atoms with E-state index in [1.807, 2.05) is 18.3 Å². The van der Waals surface area contributed by atoms with Crippen LogP contribution in [-0.4, -0.2) is 9.97 Å². The molecule has 0 aliphatic carbocycles. The highest BCUT2D eigenvalue weighted by atomic mass is 35.5. The topological polar surface area (TPSA) is 40.7 Å². The molecule has 3 nitrogen and oxygen atoms in total. The fraction of sp³-hybridized carbons (Fsp3) is 0.0714. The van der Waals surface area contributed by atoms with Gasteiger partial charge in [-0.25, -0.2) is 4.98 Å². The quantitative estimate of drug-likeness (QED) is 0.655. The molecule has 2 aromatic heterocycles. The van der Waals surface area contributed by atoms with Crippen LogP contribution >= 0.6 is 34.8 Å². The molecule has 102 valence electrons. The van der Waals surface area contributed by atoms with Crippen LogP contribution in [0.5, 0.6) is 0 Å². The van der Waals surface area contributed by atoms with E-state index < -0.39 is 0 Å². The standard InChI is InChI=1S/C14H10Cl3N3/c15-10-4-12(17)13(5-11(10)16)19-6-8-7-20-14-9(8)2-1-3-18-14/h1-5,7,19H,6H2,(H,18,20). The lowest BCUT2D eigenvalue weighted by atomic mass is 10.2. The van der Waals surface area contributed by atoms with Gasteiger partial charge in [0, 0.05) is 24.3 Å². The minimum absolute atomic E-state index is 0.443. The van der Waals surface area contributed by atoms with E-state index >= 15 is 0 Å².